The Labute approximate surface area is 138 Å². The molecule has 5 nitrogen and oxygen atoms in total. The number of hydrogen-bond acceptors (Lipinski definition) is 4. The van der Waals surface area contributed by atoms with Gasteiger partial charge in [0.1, 0.15) is 11.3 Å². The van der Waals surface area contributed by atoms with E-state index < -0.39 is 11.8 Å². The Morgan fingerprint density at radius 1 is 1.45 bits per heavy atom. The zero-order valence-electron chi connectivity index (χ0n) is 11.8. The molecule has 1 heterocycles. The minimum Gasteiger partial charge on any atom is -0.496 e. The van der Waals surface area contributed by atoms with Crippen LogP contribution in [0, 0.1) is 0 Å². The summed E-state index contributed by atoms with van der Waals surface area (Å²) in [4.78, 5) is 25.7. The molecular weight excluding hydrogens is 324 g/mol. The highest BCUT2D eigenvalue weighted by atomic mass is 35.5. The van der Waals surface area contributed by atoms with Crippen molar-refractivity contribution in [2.75, 3.05) is 13.7 Å². The molecule has 2 rings (SSSR count). The number of benzene rings is 1. The van der Waals surface area contributed by atoms with E-state index in [4.69, 9.17) is 28.6 Å². The Morgan fingerprint density at radius 3 is 2.82 bits per heavy atom. The number of rotatable bonds is 4. The third-order valence-electron chi connectivity index (χ3n) is 2.99. The first-order valence-electron chi connectivity index (χ1n) is 6.31. The number of ether oxygens (including phenoxy) is 1. The van der Waals surface area contributed by atoms with E-state index in [9.17, 15) is 9.59 Å². The van der Waals surface area contributed by atoms with Crippen molar-refractivity contribution in [1.82, 2.24) is 10.2 Å². The van der Waals surface area contributed by atoms with Crippen LogP contribution in [0.25, 0.3) is 6.08 Å². The molecule has 0 saturated carbocycles. The SMILES string of the molecule is C=CCN1C(=O)/C(=C/c2cc(Cl)ccc2OC)C(=O)NC1=S. The summed E-state index contributed by atoms with van der Waals surface area (Å²) >= 11 is 10.9. The average molecular weight is 337 g/mol. The van der Waals surface area contributed by atoms with Crippen molar-refractivity contribution in [3.8, 4) is 5.75 Å². The van der Waals surface area contributed by atoms with Gasteiger partial charge in [-0.3, -0.25) is 19.8 Å². The topological polar surface area (TPSA) is 58.6 Å². The molecule has 0 spiro atoms. The molecule has 1 aromatic carbocycles. The maximum absolute atomic E-state index is 12.4. The molecule has 1 N–H and O–H groups in total. The summed E-state index contributed by atoms with van der Waals surface area (Å²) < 4.78 is 5.21. The van der Waals surface area contributed by atoms with Gasteiger partial charge in [0.25, 0.3) is 11.8 Å². The van der Waals surface area contributed by atoms with Crippen LogP contribution >= 0.6 is 23.8 Å². The normalized spacial score (nSPS) is 16.7. The molecule has 1 saturated heterocycles. The highest BCUT2D eigenvalue weighted by molar-refractivity contribution is 7.80. The van der Waals surface area contributed by atoms with Crippen LogP contribution in [0.5, 0.6) is 5.75 Å². The Kier molecular flexibility index (Phi) is 4.95. The maximum Gasteiger partial charge on any atom is 0.265 e. The Morgan fingerprint density at radius 2 is 2.18 bits per heavy atom. The largest absolute Gasteiger partial charge is 0.496 e. The van der Waals surface area contributed by atoms with Crippen molar-refractivity contribution < 1.29 is 14.3 Å². The van der Waals surface area contributed by atoms with E-state index in [2.05, 4.69) is 11.9 Å². The number of amides is 2. The second-order valence-corrected chi connectivity index (χ2v) is 5.23. The van der Waals surface area contributed by atoms with Gasteiger partial charge in [-0.05, 0) is 36.5 Å². The van der Waals surface area contributed by atoms with Crippen LogP contribution in [0.15, 0.2) is 36.4 Å². The van der Waals surface area contributed by atoms with Crippen LogP contribution in [0.2, 0.25) is 5.02 Å². The van der Waals surface area contributed by atoms with Gasteiger partial charge in [0.15, 0.2) is 5.11 Å². The van der Waals surface area contributed by atoms with Gasteiger partial charge in [0.05, 0.1) is 7.11 Å². The quantitative estimate of drug-likeness (QED) is 0.396. The molecule has 2 amide bonds. The third kappa shape index (κ3) is 3.18. The molecule has 0 radical (unpaired) electrons. The van der Waals surface area contributed by atoms with Crippen molar-refractivity contribution in [3.05, 3.63) is 47.0 Å². The molecule has 1 aliphatic heterocycles. The zero-order valence-corrected chi connectivity index (χ0v) is 13.3. The zero-order chi connectivity index (χ0) is 16.3. The molecule has 0 atom stereocenters. The van der Waals surface area contributed by atoms with Gasteiger partial charge in [-0.2, -0.15) is 0 Å². The van der Waals surface area contributed by atoms with Crippen LogP contribution in [0.4, 0.5) is 0 Å². The highest BCUT2D eigenvalue weighted by Crippen LogP contribution is 2.26. The predicted octanol–water partition coefficient (Wildman–Crippen LogP) is 2.16. The van der Waals surface area contributed by atoms with Crippen molar-refractivity contribution >= 4 is 46.8 Å². The molecule has 114 valence electrons. The van der Waals surface area contributed by atoms with Crippen LogP contribution in [-0.2, 0) is 9.59 Å². The molecule has 0 unspecified atom stereocenters. The van der Waals surface area contributed by atoms with E-state index in [0.717, 1.165) is 0 Å². The first kappa shape index (κ1) is 16.2. The lowest BCUT2D eigenvalue weighted by Gasteiger charge is -2.27. The number of nitrogens with one attached hydrogen (secondary N) is 1. The van der Waals surface area contributed by atoms with Gasteiger partial charge in [-0.15, -0.1) is 6.58 Å². The summed E-state index contributed by atoms with van der Waals surface area (Å²) in [6.45, 7) is 3.78. The van der Waals surface area contributed by atoms with Crippen LogP contribution in [-0.4, -0.2) is 35.5 Å². The van der Waals surface area contributed by atoms with Gasteiger partial charge in [-0.1, -0.05) is 17.7 Å². The first-order valence-corrected chi connectivity index (χ1v) is 7.10. The summed E-state index contributed by atoms with van der Waals surface area (Å²) in [6, 6.07) is 4.93. The summed E-state index contributed by atoms with van der Waals surface area (Å²) in [5.74, 6) is -0.547. The van der Waals surface area contributed by atoms with E-state index in [1.807, 2.05) is 0 Å². The van der Waals surface area contributed by atoms with Gasteiger partial charge >= 0.3 is 0 Å². The molecule has 7 heteroatoms. The number of thiocarbonyl (C=S) groups is 1. The fourth-order valence-corrected chi connectivity index (χ4v) is 2.39. The summed E-state index contributed by atoms with van der Waals surface area (Å²) in [7, 11) is 1.49. The van der Waals surface area contributed by atoms with Gasteiger partial charge in [-0.25, -0.2) is 0 Å². The van der Waals surface area contributed by atoms with E-state index in [1.54, 1.807) is 18.2 Å². The molecule has 1 aromatic rings. The second-order valence-electron chi connectivity index (χ2n) is 4.41. The lowest BCUT2D eigenvalue weighted by atomic mass is 10.1. The van der Waals surface area contributed by atoms with Crippen molar-refractivity contribution in [2.45, 2.75) is 0 Å². The number of halogens is 1. The molecule has 0 aromatic heterocycles. The van der Waals surface area contributed by atoms with Gasteiger partial charge in [0, 0.05) is 17.1 Å². The molecule has 0 aliphatic carbocycles. The van der Waals surface area contributed by atoms with E-state index in [0.29, 0.717) is 16.3 Å². The number of nitrogens with zero attached hydrogens (tertiary/aromatic N) is 1. The smallest absolute Gasteiger partial charge is 0.265 e. The highest BCUT2D eigenvalue weighted by Gasteiger charge is 2.32. The van der Waals surface area contributed by atoms with Crippen LogP contribution in [0.3, 0.4) is 0 Å². The van der Waals surface area contributed by atoms with Crippen molar-refractivity contribution in [3.63, 3.8) is 0 Å². The summed E-state index contributed by atoms with van der Waals surface area (Å²) in [5.41, 5.74) is 0.482. The maximum atomic E-state index is 12.4. The monoisotopic (exact) mass is 336 g/mol. The second kappa shape index (κ2) is 6.72. The lowest BCUT2D eigenvalue weighted by molar-refractivity contribution is -0.128. The van der Waals surface area contributed by atoms with Crippen LogP contribution < -0.4 is 10.1 Å². The molecule has 0 bridgehead atoms. The first-order chi connectivity index (χ1) is 10.5. The molecule has 1 aliphatic rings. The van der Waals surface area contributed by atoms with E-state index >= 15 is 0 Å². The Hall–Kier alpha value is -2.18. The Bertz CT molecular complexity index is 700. The standard InChI is InChI=1S/C15H13ClN2O3S/c1-3-6-18-14(20)11(13(19)17-15(18)22)8-9-7-10(16)4-5-12(9)21-2/h3-5,7-8H,1,6H2,2H3,(H,17,19,22)/b11-8+. The van der Waals surface area contributed by atoms with E-state index in [-0.39, 0.29) is 17.2 Å². The number of carbonyl (C=O) groups excluding carboxylic acids is 2. The number of hydrogen-bond donors (Lipinski definition) is 1. The van der Waals surface area contributed by atoms with Crippen LogP contribution in [0.1, 0.15) is 5.56 Å². The van der Waals surface area contributed by atoms with Crippen molar-refractivity contribution in [2.24, 2.45) is 0 Å². The predicted molar refractivity (Wildman–Crippen MR) is 88.6 cm³/mol. The Balaban J connectivity index is 2.47. The summed E-state index contributed by atoms with van der Waals surface area (Å²) in [5, 5.41) is 3.00. The fourth-order valence-electron chi connectivity index (χ4n) is 1.96. The third-order valence-corrected chi connectivity index (χ3v) is 3.55. The van der Waals surface area contributed by atoms with Gasteiger partial charge in [0.2, 0.25) is 0 Å². The molecule has 22 heavy (non-hydrogen) atoms. The molecule has 1 fully saturated rings. The number of methoxy groups -OCH3 is 1. The van der Waals surface area contributed by atoms with Crippen molar-refractivity contribution in [1.29, 1.82) is 0 Å². The van der Waals surface area contributed by atoms with E-state index in [1.165, 1.54) is 24.2 Å². The average Bonchev–Trinajstić information content (AvgIpc) is 2.48. The minimum atomic E-state index is -0.558. The number of carbonyl (C=O) groups is 2. The fraction of sp³-hybridized carbons (Fsp3) is 0.133. The summed E-state index contributed by atoms with van der Waals surface area (Å²) in [6.07, 6.45) is 2.96. The van der Waals surface area contributed by atoms with Gasteiger partial charge < -0.3 is 4.74 Å². The lowest BCUT2D eigenvalue weighted by Crippen LogP contribution is -2.53. The minimum absolute atomic E-state index is 0.0454. The molecular formula is C15H13ClN2O3S.